The summed E-state index contributed by atoms with van der Waals surface area (Å²) in [5.74, 6) is -5.40. The number of fused-ring (bicyclic) bond motifs is 1. The molecule has 0 spiro atoms. The molecule has 0 unspecified atom stereocenters. The normalized spacial score (nSPS) is 35.4. The van der Waals surface area contributed by atoms with Crippen LogP contribution in [0.3, 0.4) is 0 Å². The Morgan fingerprint density at radius 2 is 1.74 bits per heavy atom. The lowest BCUT2D eigenvalue weighted by atomic mass is 9.72. The summed E-state index contributed by atoms with van der Waals surface area (Å²) in [5, 5.41) is 3.13. The molecule has 5 heterocycles. The number of likely N-dealkylation sites (N-methyl/N-ethyl adjacent to an activating group) is 1. The number of aromatic nitrogens is 3. The van der Waals surface area contributed by atoms with Gasteiger partial charge in [0, 0.05) is 69.0 Å². The number of rotatable bonds is 12. The number of aryl methyl sites for hydroxylation is 1. The number of nitrogens with zero attached hydrogens (tertiary/aromatic N) is 5. The predicted molar refractivity (Wildman–Crippen MR) is 226 cm³/mol. The fourth-order valence-electron chi connectivity index (χ4n) is 9.90. The Morgan fingerprint density at radius 3 is 2.36 bits per heavy atom. The Kier molecular flexibility index (Phi) is 15.6. The number of cyclic esters (lactones) is 1. The second-order valence-electron chi connectivity index (χ2n) is 18.1. The molecular weight excluding hydrogens is 785 g/mol. The van der Waals surface area contributed by atoms with Gasteiger partial charge in [-0.25, -0.2) is 9.78 Å². The summed E-state index contributed by atoms with van der Waals surface area (Å²) >= 11 is 0. The molecule has 2 aromatic heterocycles. The summed E-state index contributed by atoms with van der Waals surface area (Å²) in [6, 6.07) is 2.50. The number of pyridine rings is 1. The zero-order chi connectivity index (χ0) is 45.0. The Labute approximate surface area is 360 Å². The minimum absolute atomic E-state index is 0.124. The summed E-state index contributed by atoms with van der Waals surface area (Å²) in [4.78, 5) is 82.2. The standard InChI is InChI=1S/C45H68N6O10/c1-13-35-45(9)39(51(43(56)48-45)20-15-14-19-50-24-33(47-25-50)32-17-16-18-46-23-32)28(4)36(53)26(2)22-44(8,57-12)40(29(5)37(54)30(6)41(55)60-35)61-42-38(59-31(7)52)34(49(10)11)21-27(3)58-42/h16-18,23-30,34-35,38-40,42H,13-15,19-22H2,1-12H3,(H,48,56)/t26-,27-,28+,29+,30-,34+,35-,38-,39-,40-,42+,44+,45-/m1/s1. The molecule has 16 nitrogen and oxygen atoms in total. The van der Waals surface area contributed by atoms with Crippen molar-refractivity contribution in [3.05, 3.63) is 37.1 Å². The molecule has 3 aliphatic heterocycles. The first-order valence-corrected chi connectivity index (χ1v) is 21.7. The van der Waals surface area contributed by atoms with Gasteiger partial charge in [-0.05, 0) is 86.0 Å². The highest BCUT2D eigenvalue weighted by atomic mass is 16.7. The van der Waals surface area contributed by atoms with Crippen LogP contribution >= 0.6 is 0 Å². The van der Waals surface area contributed by atoms with Crippen LogP contribution in [0.25, 0.3) is 11.3 Å². The highest BCUT2D eigenvalue weighted by Crippen LogP contribution is 2.41. The highest BCUT2D eigenvalue weighted by Gasteiger charge is 2.58. The van der Waals surface area contributed by atoms with E-state index in [1.165, 1.54) is 21.0 Å². The molecule has 0 aliphatic carbocycles. The average molecular weight is 853 g/mol. The molecule has 0 aromatic carbocycles. The number of ether oxygens (including phenoxy) is 5. The Hall–Kier alpha value is -4.25. The minimum Gasteiger partial charge on any atom is -0.459 e. The summed E-state index contributed by atoms with van der Waals surface area (Å²) in [5.41, 5.74) is -0.724. The van der Waals surface area contributed by atoms with Gasteiger partial charge in [-0.2, -0.15) is 0 Å². The average Bonchev–Trinajstić information content (AvgIpc) is 3.80. The van der Waals surface area contributed by atoms with Crippen LogP contribution in [0.5, 0.6) is 0 Å². The van der Waals surface area contributed by atoms with Crippen LogP contribution in [0.15, 0.2) is 37.1 Å². The van der Waals surface area contributed by atoms with Crippen molar-refractivity contribution in [2.24, 2.45) is 23.7 Å². The van der Waals surface area contributed by atoms with Crippen molar-refractivity contribution in [3.63, 3.8) is 0 Å². The molecule has 3 saturated heterocycles. The van der Waals surface area contributed by atoms with Gasteiger partial charge in [0.2, 0.25) is 0 Å². The van der Waals surface area contributed by atoms with Crippen molar-refractivity contribution in [1.29, 1.82) is 0 Å². The van der Waals surface area contributed by atoms with Crippen molar-refractivity contribution >= 4 is 29.5 Å². The van der Waals surface area contributed by atoms with Crippen LogP contribution < -0.4 is 5.32 Å². The molecule has 16 heteroatoms. The van der Waals surface area contributed by atoms with E-state index in [1.807, 2.05) is 76.5 Å². The van der Waals surface area contributed by atoms with E-state index < -0.39 is 83.2 Å². The number of hydrogen-bond acceptors (Lipinski definition) is 13. The van der Waals surface area contributed by atoms with Crippen LogP contribution in [0.1, 0.15) is 94.4 Å². The molecule has 3 aliphatic rings. The van der Waals surface area contributed by atoms with Gasteiger partial charge in [-0.15, -0.1) is 0 Å². The first-order valence-electron chi connectivity index (χ1n) is 21.7. The summed E-state index contributed by atoms with van der Waals surface area (Å²) in [6.07, 6.45) is 5.39. The van der Waals surface area contributed by atoms with Crippen molar-refractivity contribution in [1.82, 2.24) is 29.7 Å². The molecule has 0 radical (unpaired) electrons. The van der Waals surface area contributed by atoms with Crippen molar-refractivity contribution < 1.29 is 47.7 Å². The van der Waals surface area contributed by atoms with Gasteiger partial charge in [-0.1, -0.05) is 27.7 Å². The maximum absolute atomic E-state index is 14.8. The smallest absolute Gasteiger partial charge is 0.318 e. The number of ketones is 2. The maximum atomic E-state index is 14.8. The highest BCUT2D eigenvalue weighted by molar-refractivity contribution is 6.00. The molecule has 3 fully saturated rings. The molecule has 13 atom stereocenters. The number of hydrogen-bond donors (Lipinski definition) is 1. The number of Topliss-reactive ketones (excluding diaryl/α,β-unsaturated/α-hetero) is 2. The fraction of sp³-hybridized carbons (Fsp3) is 0.711. The van der Waals surface area contributed by atoms with Gasteiger partial charge in [0.15, 0.2) is 18.2 Å². The summed E-state index contributed by atoms with van der Waals surface area (Å²) < 4.78 is 33.4. The second-order valence-corrected chi connectivity index (χ2v) is 18.1. The van der Waals surface area contributed by atoms with Crippen molar-refractivity contribution in [2.75, 3.05) is 27.7 Å². The number of imidazole rings is 1. The number of urea groups is 1. The third-order valence-electron chi connectivity index (χ3n) is 13.2. The fourth-order valence-corrected chi connectivity index (χ4v) is 9.90. The predicted octanol–water partition coefficient (Wildman–Crippen LogP) is 5.07. The van der Waals surface area contributed by atoms with E-state index in [1.54, 1.807) is 37.5 Å². The first kappa shape index (κ1) is 47.8. The minimum atomic E-state index is -1.29. The van der Waals surface area contributed by atoms with Gasteiger partial charge >= 0.3 is 18.0 Å². The van der Waals surface area contributed by atoms with Crippen molar-refractivity contribution in [3.8, 4) is 11.3 Å². The molecule has 338 valence electrons. The number of carbonyl (C=O) groups excluding carboxylic acids is 5. The van der Waals surface area contributed by atoms with E-state index in [9.17, 15) is 24.0 Å². The van der Waals surface area contributed by atoms with E-state index in [0.717, 1.165) is 17.7 Å². The summed E-state index contributed by atoms with van der Waals surface area (Å²) in [6.45, 7) is 16.5. The van der Waals surface area contributed by atoms with Crippen LogP contribution in [-0.4, -0.2) is 136 Å². The largest absolute Gasteiger partial charge is 0.459 e. The number of carbonyl (C=O) groups is 5. The lowest BCUT2D eigenvalue weighted by Crippen LogP contribution is -2.62. The number of methoxy groups -OCH3 is 1. The molecular formula is C45H68N6O10. The molecule has 0 saturated carbocycles. The lowest BCUT2D eigenvalue weighted by Gasteiger charge is -2.48. The molecule has 2 amide bonds. The van der Waals surface area contributed by atoms with Crippen LogP contribution in [0, 0.1) is 23.7 Å². The van der Waals surface area contributed by atoms with Gasteiger partial charge in [0.25, 0.3) is 0 Å². The molecule has 1 N–H and O–H groups in total. The van der Waals surface area contributed by atoms with E-state index >= 15 is 0 Å². The zero-order valence-electron chi connectivity index (χ0n) is 38.1. The topological polar surface area (TPSA) is 181 Å². The van der Waals surface area contributed by atoms with Gasteiger partial charge in [-0.3, -0.25) is 24.2 Å². The van der Waals surface area contributed by atoms with Crippen molar-refractivity contribution in [2.45, 2.75) is 155 Å². The van der Waals surface area contributed by atoms with Gasteiger partial charge in [0.1, 0.15) is 17.8 Å². The quantitative estimate of drug-likeness (QED) is 0.170. The van der Waals surface area contributed by atoms with E-state index in [-0.39, 0.29) is 30.4 Å². The lowest BCUT2D eigenvalue weighted by molar-refractivity contribution is -0.298. The third kappa shape index (κ3) is 10.3. The Bertz CT molecular complexity index is 1860. The van der Waals surface area contributed by atoms with Crippen LogP contribution in [0.2, 0.25) is 0 Å². The second kappa shape index (κ2) is 19.9. The van der Waals surface area contributed by atoms with E-state index in [0.29, 0.717) is 32.4 Å². The molecule has 5 rings (SSSR count). The van der Waals surface area contributed by atoms with Gasteiger partial charge in [0.05, 0.1) is 47.5 Å². The van der Waals surface area contributed by atoms with Crippen LogP contribution in [-0.2, 0) is 49.4 Å². The Morgan fingerprint density at radius 1 is 1.03 bits per heavy atom. The monoisotopic (exact) mass is 852 g/mol. The molecule has 0 bridgehead atoms. The first-order chi connectivity index (χ1) is 28.8. The molecule has 2 aromatic rings. The molecule has 61 heavy (non-hydrogen) atoms. The number of amides is 2. The maximum Gasteiger partial charge on any atom is 0.318 e. The van der Waals surface area contributed by atoms with Gasteiger partial charge < -0.3 is 43.4 Å². The van der Waals surface area contributed by atoms with E-state index in [2.05, 4.69) is 15.3 Å². The third-order valence-corrected chi connectivity index (χ3v) is 13.2. The van der Waals surface area contributed by atoms with E-state index in [4.69, 9.17) is 23.7 Å². The summed E-state index contributed by atoms with van der Waals surface area (Å²) in [7, 11) is 5.27. The van der Waals surface area contributed by atoms with Crippen LogP contribution in [0.4, 0.5) is 4.79 Å². The zero-order valence-corrected chi connectivity index (χ0v) is 38.1. The number of esters is 2. The number of nitrogens with one attached hydrogen (secondary N) is 1. The Balaban J connectivity index is 1.46. The number of unbranched alkanes of at least 4 members (excludes halogenated alkanes) is 1. The SMILES string of the molecule is CC[C@H]1OC(=O)[C@H](C)C(=O)[C@H](C)[C@@H](O[C@@H]2O[C@H](C)C[C@H](N(C)C)[C@H]2OC(C)=O)[C@@](C)(OC)C[C@@H](C)C(=O)[C@H](C)[C@H]2N(CCCCn3cnc(-c4cccnc4)c3)C(=O)N[C@]12C.